The largest absolute Gasteiger partial charge is 0.495 e. The van der Waals surface area contributed by atoms with E-state index in [1.165, 1.54) is 25.3 Å². The highest BCUT2D eigenvalue weighted by atomic mass is 35.5. The van der Waals surface area contributed by atoms with Crippen molar-refractivity contribution in [2.75, 3.05) is 13.7 Å². The van der Waals surface area contributed by atoms with Gasteiger partial charge < -0.3 is 9.47 Å². The van der Waals surface area contributed by atoms with Gasteiger partial charge in [-0.15, -0.1) is 0 Å². The number of carbonyl (C=O) groups is 1. The summed E-state index contributed by atoms with van der Waals surface area (Å²) in [6, 6.07) is 9.99. The zero-order valence-electron chi connectivity index (χ0n) is 14.7. The second kappa shape index (κ2) is 9.41. The predicted molar refractivity (Wildman–Crippen MR) is 104 cm³/mol. The maximum absolute atomic E-state index is 13.0. The molecule has 2 aromatic rings. The van der Waals surface area contributed by atoms with Crippen molar-refractivity contribution in [1.82, 2.24) is 4.72 Å². The summed E-state index contributed by atoms with van der Waals surface area (Å²) in [5, 5.41) is 0.559. The van der Waals surface area contributed by atoms with E-state index in [1.807, 2.05) is 0 Å². The summed E-state index contributed by atoms with van der Waals surface area (Å²) < 4.78 is 38.5. The molecule has 2 rings (SSSR count). The number of halogens is 2. The Kier molecular flexibility index (Phi) is 7.49. The molecule has 0 unspecified atom stereocenters. The number of carbonyl (C=O) groups excluding carboxylic acids is 1. The molecule has 0 heterocycles. The lowest BCUT2D eigenvalue weighted by molar-refractivity contribution is -0.143. The lowest BCUT2D eigenvalue weighted by Gasteiger charge is -2.20. The molecule has 0 spiro atoms. The van der Waals surface area contributed by atoms with Crippen molar-refractivity contribution in [1.29, 1.82) is 0 Å². The number of methoxy groups -OCH3 is 1. The lowest BCUT2D eigenvalue weighted by Crippen LogP contribution is -2.31. The molecule has 146 valence electrons. The summed E-state index contributed by atoms with van der Waals surface area (Å²) in [4.78, 5) is 11.9. The first kappa shape index (κ1) is 21.5. The number of hydrogen-bond acceptors (Lipinski definition) is 5. The number of hydrogen-bond donors (Lipinski definition) is 1. The molecule has 27 heavy (non-hydrogen) atoms. The van der Waals surface area contributed by atoms with Crippen LogP contribution in [0.15, 0.2) is 47.4 Å². The van der Waals surface area contributed by atoms with Gasteiger partial charge in [-0.3, -0.25) is 4.79 Å². The fourth-order valence-electron chi connectivity index (χ4n) is 2.47. The Bertz CT molecular complexity index is 918. The zero-order valence-corrected chi connectivity index (χ0v) is 17.1. The Morgan fingerprint density at radius 3 is 2.52 bits per heavy atom. The van der Waals surface area contributed by atoms with Crippen molar-refractivity contribution in [3.05, 3.63) is 58.1 Å². The highest BCUT2D eigenvalue weighted by molar-refractivity contribution is 7.89. The molecule has 1 atom stereocenters. The third-order valence-corrected chi connectivity index (χ3v) is 5.74. The first-order valence-corrected chi connectivity index (χ1v) is 10.3. The van der Waals surface area contributed by atoms with E-state index < -0.39 is 22.0 Å². The maximum atomic E-state index is 13.0. The van der Waals surface area contributed by atoms with Crippen molar-refractivity contribution >= 4 is 39.2 Å². The van der Waals surface area contributed by atoms with Crippen molar-refractivity contribution in [2.45, 2.75) is 24.3 Å². The smallest absolute Gasteiger partial charge is 0.307 e. The Labute approximate surface area is 168 Å². The van der Waals surface area contributed by atoms with E-state index in [9.17, 15) is 13.2 Å². The Balaban J connectivity index is 2.43. The van der Waals surface area contributed by atoms with Gasteiger partial charge in [-0.2, -0.15) is 0 Å². The molecule has 0 aliphatic rings. The number of nitrogens with one attached hydrogen (secondary N) is 1. The number of sulfonamides is 1. The van der Waals surface area contributed by atoms with Crippen LogP contribution in [-0.2, 0) is 19.6 Å². The molecule has 1 N–H and O–H groups in total. The van der Waals surface area contributed by atoms with Crippen LogP contribution in [0.4, 0.5) is 0 Å². The normalized spacial score (nSPS) is 12.4. The summed E-state index contributed by atoms with van der Waals surface area (Å²) in [5.41, 5.74) is 0.455. The highest BCUT2D eigenvalue weighted by Crippen LogP contribution is 2.31. The van der Waals surface area contributed by atoms with Crippen molar-refractivity contribution in [3.8, 4) is 5.75 Å². The summed E-state index contributed by atoms with van der Waals surface area (Å²) >= 11 is 12.1. The highest BCUT2D eigenvalue weighted by Gasteiger charge is 2.28. The van der Waals surface area contributed by atoms with E-state index in [0.29, 0.717) is 10.6 Å². The van der Waals surface area contributed by atoms with Crippen LogP contribution >= 0.6 is 23.2 Å². The molecule has 9 heteroatoms. The first-order valence-electron chi connectivity index (χ1n) is 8.04. The molecular weight excluding hydrogens is 413 g/mol. The van der Waals surface area contributed by atoms with Gasteiger partial charge in [-0.1, -0.05) is 41.4 Å². The van der Waals surface area contributed by atoms with Crippen LogP contribution in [0, 0.1) is 0 Å². The van der Waals surface area contributed by atoms with Crippen LogP contribution in [0.25, 0.3) is 0 Å². The van der Waals surface area contributed by atoms with Crippen LogP contribution in [0.1, 0.15) is 24.9 Å². The van der Waals surface area contributed by atoms with E-state index in [4.69, 9.17) is 32.7 Å². The minimum absolute atomic E-state index is 0.126. The SMILES string of the molecule is CCOC(=O)C[C@@H](NS(=O)(=O)c1cc(Cl)ccc1OC)c1ccccc1Cl. The summed E-state index contributed by atoms with van der Waals surface area (Å²) in [7, 11) is -2.72. The van der Waals surface area contributed by atoms with Crippen LogP contribution in [0.3, 0.4) is 0 Å². The number of rotatable bonds is 8. The maximum Gasteiger partial charge on any atom is 0.307 e. The standard InChI is InChI=1S/C18H19Cl2NO5S/c1-3-26-18(22)11-15(13-6-4-5-7-14(13)20)21-27(23,24)17-10-12(19)8-9-16(17)25-2/h4-10,15,21H,3,11H2,1-2H3/t15-/m1/s1. The molecule has 0 amide bonds. The summed E-state index contributed by atoms with van der Waals surface area (Å²) in [5.74, 6) is -0.427. The number of benzene rings is 2. The van der Waals surface area contributed by atoms with E-state index in [-0.39, 0.29) is 28.7 Å². The van der Waals surface area contributed by atoms with Gasteiger partial charge in [-0.05, 0) is 36.8 Å². The molecule has 0 aliphatic carbocycles. The van der Waals surface area contributed by atoms with Gasteiger partial charge in [0.05, 0.1) is 26.2 Å². The van der Waals surface area contributed by atoms with Crippen molar-refractivity contribution < 1.29 is 22.7 Å². The molecule has 0 aliphatic heterocycles. The average molecular weight is 432 g/mol. The Hall–Kier alpha value is -1.80. The Morgan fingerprint density at radius 2 is 1.89 bits per heavy atom. The molecular formula is C18H19Cl2NO5S. The molecule has 0 saturated carbocycles. The van der Waals surface area contributed by atoms with Gasteiger partial charge in [0.15, 0.2) is 0 Å². The minimum atomic E-state index is -4.08. The van der Waals surface area contributed by atoms with Gasteiger partial charge in [0.1, 0.15) is 10.6 Å². The second-order valence-electron chi connectivity index (χ2n) is 5.50. The molecule has 0 bridgehead atoms. The van der Waals surface area contributed by atoms with Gasteiger partial charge >= 0.3 is 5.97 Å². The molecule has 0 radical (unpaired) electrons. The van der Waals surface area contributed by atoms with Crippen molar-refractivity contribution in [3.63, 3.8) is 0 Å². The topological polar surface area (TPSA) is 81.7 Å². The van der Waals surface area contributed by atoms with E-state index >= 15 is 0 Å². The van der Waals surface area contributed by atoms with Crippen LogP contribution in [0.5, 0.6) is 5.75 Å². The monoisotopic (exact) mass is 431 g/mol. The predicted octanol–water partition coefficient (Wildman–Crippen LogP) is 3.97. The number of esters is 1. The first-order chi connectivity index (χ1) is 12.8. The van der Waals surface area contributed by atoms with E-state index in [1.54, 1.807) is 31.2 Å². The molecule has 0 fully saturated rings. The van der Waals surface area contributed by atoms with E-state index in [0.717, 1.165) is 0 Å². The van der Waals surface area contributed by atoms with Crippen LogP contribution < -0.4 is 9.46 Å². The van der Waals surface area contributed by atoms with Crippen LogP contribution in [-0.4, -0.2) is 28.1 Å². The fourth-order valence-corrected chi connectivity index (χ4v) is 4.39. The van der Waals surface area contributed by atoms with Crippen molar-refractivity contribution in [2.24, 2.45) is 0 Å². The molecule has 0 saturated heterocycles. The zero-order chi connectivity index (χ0) is 20.0. The molecule has 0 aromatic heterocycles. The summed E-state index contributed by atoms with van der Waals surface area (Å²) in [6.07, 6.45) is -0.223. The Morgan fingerprint density at radius 1 is 1.19 bits per heavy atom. The summed E-state index contributed by atoms with van der Waals surface area (Å²) in [6.45, 7) is 1.85. The minimum Gasteiger partial charge on any atom is -0.495 e. The average Bonchev–Trinajstić information content (AvgIpc) is 2.61. The van der Waals surface area contributed by atoms with Gasteiger partial charge in [-0.25, -0.2) is 13.1 Å². The van der Waals surface area contributed by atoms with Crippen LogP contribution in [0.2, 0.25) is 10.0 Å². The lowest BCUT2D eigenvalue weighted by atomic mass is 10.1. The second-order valence-corrected chi connectivity index (χ2v) is 8.03. The molecule has 6 nitrogen and oxygen atoms in total. The van der Waals surface area contributed by atoms with Gasteiger partial charge in [0.25, 0.3) is 0 Å². The number of ether oxygens (including phenoxy) is 2. The third kappa shape index (κ3) is 5.59. The van der Waals surface area contributed by atoms with Gasteiger partial charge in [0, 0.05) is 10.0 Å². The third-order valence-electron chi connectivity index (χ3n) is 3.67. The molecule has 2 aromatic carbocycles. The fraction of sp³-hybridized carbons (Fsp3) is 0.278. The quantitative estimate of drug-likeness (QED) is 0.639. The van der Waals surface area contributed by atoms with Gasteiger partial charge in [0.2, 0.25) is 10.0 Å². The van der Waals surface area contributed by atoms with E-state index in [2.05, 4.69) is 4.72 Å².